The minimum atomic E-state index is -1.22. The number of carbonyl (C=O) groups excluding carboxylic acids is 4. The fourth-order valence-electron chi connectivity index (χ4n) is 4.86. The molecule has 0 spiro atoms. The van der Waals surface area contributed by atoms with Crippen LogP contribution in [0.2, 0.25) is 0 Å². The number of ether oxygens (including phenoxy) is 2. The van der Waals surface area contributed by atoms with Crippen LogP contribution in [-0.2, 0) is 30.3 Å². The lowest BCUT2D eigenvalue weighted by atomic mass is 9.94. The molecule has 2 aromatic rings. The second-order valence-corrected chi connectivity index (χ2v) is 13.9. The average molecular weight is 634 g/mol. The van der Waals surface area contributed by atoms with E-state index in [1.54, 1.807) is 65.8 Å². The highest BCUT2D eigenvalue weighted by Gasteiger charge is 2.38. The first-order valence-electron chi connectivity index (χ1n) is 15.8. The van der Waals surface area contributed by atoms with E-state index in [0.29, 0.717) is 23.5 Å². The largest absolute Gasteiger partial charge is 0.458 e. The number of alkyl carbamates (subject to hydrolysis) is 1. The molecular formula is C37H51N3O6. The van der Waals surface area contributed by atoms with Crippen molar-refractivity contribution in [2.24, 2.45) is 5.92 Å². The van der Waals surface area contributed by atoms with Crippen LogP contribution in [-0.4, -0.2) is 58.6 Å². The summed E-state index contributed by atoms with van der Waals surface area (Å²) >= 11 is 0. The predicted octanol–water partition coefficient (Wildman–Crippen LogP) is 5.96. The van der Waals surface area contributed by atoms with Gasteiger partial charge >= 0.3 is 12.1 Å². The van der Waals surface area contributed by atoms with Crippen LogP contribution in [0, 0.1) is 18.3 Å². The lowest BCUT2D eigenvalue weighted by molar-refractivity contribution is -0.159. The molecule has 0 heterocycles. The third-order valence-electron chi connectivity index (χ3n) is 6.94. The Morgan fingerprint density at radius 1 is 0.848 bits per heavy atom. The number of amides is 3. The van der Waals surface area contributed by atoms with E-state index in [1.807, 2.05) is 37.3 Å². The summed E-state index contributed by atoms with van der Waals surface area (Å²) in [4.78, 5) is 56.0. The maximum atomic E-state index is 14.5. The molecule has 0 aromatic heterocycles. The average Bonchev–Trinajstić information content (AvgIpc) is 2.95. The maximum Gasteiger partial charge on any atom is 0.408 e. The summed E-state index contributed by atoms with van der Waals surface area (Å²) in [5.41, 5.74) is 0.105. The zero-order chi connectivity index (χ0) is 34.7. The molecule has 3 atom stereocenters. The molecule has 3 unspecified atom stereocenters. The number of nitrogens with zero attached hydrogens (tertiary/aromatic N) is 1. The zero-order valence-corrected chi connectivity index (χ0v) is 28.8. The molecule has 0 radical (unpaired) electrons. The summed E-state index contributed by atoms with van der Waals surface area (Å²) in [6.45, 7) is 16.1. The van der Waals surface area contributed by atoms with E-state index in [2.05, 4.69) is 30.4 Å². The van der Waals surface area contributed by atoms with Gasteiger partial charge in [0.25, 0.3) is 0 Å². The number of esters is 1. The van der Waals surface area contributed by atoms with Crippen molar-refractivity contribution in [3.63, 3.8) is 0 Å². The number of benzene rings is 2. The van der Waals surface area contributed by atoms with E-state index in [0.717, 1.165) is 12.0 Å². The number of carbonyl (C=O) groups is 4. The van der Waals surface area contributed by atoms with Crippen LogP contribution >= 0.6 is 0 Å². The molecule has 0 saturated carbocycles. The van der Waals surface area contributed by atoms with Gasteiger partial charge in [0, 0.05) is 18.0 Å². The Labute approximate surface area is 274 Å². The van der Waals surface area contributed by atoms with Crippen molar-refractivity contribution < 1.29 is 28.7 Å². The van der Waals surface area contributed by atoms with E-state index >= 15 is 0 Å². The molecule has 2 N–H and O–H groups in total. The minimum absolute atomic E-state index is 0.169. The third-order valence-corrected chi connectivity index (χ3v) is 6.94. The van der Waals surface area contributed by atoms with Crippen LogP contribution in [0.5, 0.6) is 0 Å². The van der Waals surface area contributed by atoms with Gasteiger partial charge in [-0.25, -0.2) is 9.59 Å². The van der Waals surface area contributed by atoms with Crippen LogP contribution in [0.4, 0.5) is 4.79 Å². The topological polar surface area (TPSA) is 114 Å². The van der Waals surface area contributed by atoms with Gasteiger partial charge in [0.15, 0.2) is 0 Å². The number of hydrogen-bond acceptors (Lipinski definition) is 6. The molecule has 2 aromatic carbocycles. The highest BCUT2D eigenvalue weighted by Crippen LogP contribution is 2.29. The third kappa shape index (κ3) is 12.6. The Balaban J connectivity index is 2.61. The normalized spacial score (nSPS) is 13.5. The molecule has 46 heavy (non-hydrogen) atoms. The van der Waals surface area contributed by atoms with Crippen LogP contribution in [0.25, 0.3) is 0 Å². The fourth-order valence-corrected chi connectivity index (χ4v) is 4.86. The summed E-state index contributed by atoms with van der Waals surface area (Å²) in [6.07, 6.45) is 6.66. The van der Waals surface area contributed by atoms with Crippen molar-refractivity contribution in [3.05, 3.63) is 71.3 Å². The lowest BCUT2D eigenvalue weighted by Crippen LogP contribution is -2.54. The van der Waals surface area contributed by atoms with Gasteiger partial charge in [-0.2, -0.15) is 0 Å². The van der Waals surface area contributed by atoms with Crippen molar-refractivity contribution in [2.75, 3.05) is 6.54 Å². The standard InChI is InChI=1S/C37H51N3O6/c1-11-28-19-15-16-20-29(28)32(33(42)39-30(34(43)45-36(5,6)7)23-27-17-13-12-14-18-27)40(26(4)22-21-25(2)3)31(41)24-38-35(44)46-37(8,9)10/h1,12-20,25-26,30,32H,21-24H2,2-10H3,(H,38,44)(H,39,42). The molecule has 9 nitrogen and oxygen atoms in total. The second kappa shape index (κ2) is 16.8. The molecule has 9 heteroatoms. The Bertz CT molecular complexity index is 1370. The number of nitrogens with one attached hydrogen (secondary N) is 2. The Hall–Kier alpha value is -4.32. The molecule has 0 aliphatic heterocycles. The molecule has 0 aliphatic rings. The van der Waals surface area contributed by atoms with Crippen LogP contribution < -0.4 is 10.6 Å². The van der Waals surface area contributed by atoms with Gasteiger partial charge in [-0.3, -0.25) is 9.59 Å². The minimum Gasteiger partial charge on any atom is -0.458 e. The summed E-state index contributed by atoms with van der Waals surface area (Å²) < 4.78 is 11.0. The first kappa shape index (κ1) is 37.9. The molecule has 2 rings (SSSR count). The maximum absolute atomic E-state index is 14.5. The van der Waals surface area contributed by atoms with Gasteiger partial charge in [-0.15, -0.1) is 6.42 Å². The molecule has 3 amide bonds. The van der Waals surface area contributed by atoms with Crippen molar-refractivity contribution in [1.82, 2.24) is 15.5 Å². The van der Waals surface area contributed by atoms with Crippen molar-refractivity contribution in [2.45, 2.75) is 111 Å². The van der Waals surface area contributed by atoms with Gasteiger partial charge in [-0.1, -0.05) is 68.3 Å². The summed E-state index contributed by atoms with van der Waals surface area (Å²) in [5.74, 6) is 1.26. The van der Waals surface area contributed by atoms with Gasteiger partial charge in [-0.05, 0) is 84.4 Å². The summed E-state index contributed by atoms with van der Waals surface area (Å²) in [5, 5.41) is 5.43. The number of rotatable bonds is 13. The number of hydrogen-bond donors (Lipinski definition) is 2. The Morgan fingerprint density at radius 3 is 2.00 bits per heavy atom. The fraction of sp³-hybridized carbons (Fsp3) is 0.514. The van der Waals surface area contributed by atoms with E-state index < -0.39 is 59.7 Å². The second-order valence-electron chi connectivity index (χ2n) is 13.9. The van der Waals surface area contributed by atoms with Gasteiger partial charge < -0.3 is 25.0 Å². The SMILES string of the molecule is C#Cc1ccccc1C(C(=O)NC(Cc1ccccc1)C(=O)OC(C)(C)C)N(C(=O)CNC(=O)OC(C)(C)C)C(C)CCC(C)C. The zero-order valence-electron chi connectivity index (χ0n) is 28.8. The molecule has 0 bridgehead atoms. The van der Waals surface area contributed by atoms with Crippen LogP contribution in [0.15, 0.2) is 54.6 Å². The van der Waals surface area contributed by atoms with Crippen LogP contribution in [0.3, 0.4) is 0 Å². The summed E-state index contributed by atoms with van der Waals surface area (Å²) in [7, 11) is 0. The van der Waals surface area contributed by atoms with Crippen LogP contribution in [0.1, 0.15) is 97.9 Å². The molecule has 0 aliphatic carbocycles. The molecule has 0 saturated heterocycles. The van der Waals surface area contributed by atoms with Crippen molar-refractivity contribution in [3.8, 4) is 12.3 Å². The lowest BCUT2D eigenvalue weighted by Gasteiger charge is -2.37. The molecular weight excluding hydrogens is 582 g/mol. The molecule has 250 valence electrons. The number of terminal acetylenes is 1. The van der Waals surface area contributed by atoms with Crippen molar-refractivity contribution >= 4 is 23.9 Å². The first-order chi connectivity index (χ1) is 21.4. The predicted molar refractivity (Wildman–Crippen MR) is 180 cm³/mol. The first-order valence-corrected chi connectivity index (χ1v) is 15.8. The van der Waals surface area contributed by atoms with E-state index in [-0.39, 0.29) is 6.42 Å². The van der Waals surface area contributed by atoms with E-state index in [1.165, 1.54) is 4.90 Å². The van der Waals surface area contributed by atoms with Gasteiger partial charge in [0.05, 0.1) is 0 Å². The Kier molecular flexibility index (Phi) is 13.9. The van der Waals surface area contributed by atoms with Crippen molar-refractivity contribution in [1.29, 1.82) is 0 Å². The highest BCUT2D eigenvalue weighted by atomic mass is 16.6. The summed E-state index contributed by atoms with van der Waals surface area (Å²) in [6, 6.07) is 13.5. The molecule has 0 fully saturated rings. The van der Waals surface area contributed by atoms with Gasteiger partial charge in [0.2, 0.25) is 11.8 Å². The van der Waals surface area contributed by atoms with E-state index in [4.69, 9.17) is 15.9 Å². The van der Waals surface area contributed by atoms with Gasteiger partial charge in [0.1, 0.15) is 29.8 Å². The van der Waals surface area contributed by atoms with E-state index in [9.17, 15) is 19.2 Å². The quantitative estimate of drug-likeness (QED) is 0.208. The smallest absolute Gasteiger partial charge is 0.408 e. The monoisotopic (exact) mass is 633 g/mol. The highest BCUT2D eigenvalue weighted by molar-refractivity contribution is 5.93. The Morgan fingerprint density at radius 2 is 1.43 bits per heavy atom.